The van der Waals surface area contributed by atoms with E-state index in [0.717, 1.165) is 4.90 Å². The van der Waals surface area contributed by atoms with E-state index in [1.165, 1.54) is 0 Å². The molecule has 1 aliphatic heterocycles. The average molecular weight is 226 g/mol. The molecule has 0 bridgehead atoms. The van der Waals surface area contributed by atoms with Gasteiger partial charge in [0.05, 0.1) is 11.9 Å². The maximum atomic E-state index is 12.1. The van der Waals surface area contributed by atoms with Crippen LogP contribution in [0.4, 0.5) is 8.78 Å². The number of ketones is 1. The fraction of sp³-hybridized carbons (Fsp3) is 0.750. The molecular formula is C8H10ClF2NO2. The van der Waals surface area contributed by atoms with E-state index in [-0.39, 0.29) is 18.2 Å². The Morgan fingerprint density at radius 1 is 1.50 bits per heavy atom. The number of hydrogen-bond donors (Lipinski definition) is 0. The zero-order valence-electron chi connectivity index (χ0n) is 7.38. The van der Waals surface area contributed by atoms with Crippen LogP contribution in [0.1, 0.15) is 12.8 Å². The van der Waals surface area contributed by atoms with Crippen molar-refractivity contribution in [2.75, 3.05) is 12.4 Å². The number of carbonyl (C=O) groups is 2. The molecule has 1 heterocycles. The van der Waals surface area contributed by atoms with Crippen LogP contribution in [0.5, 0.6) is 0 Å². The first kappa shape index (κ1) is 11.4. The molecule has 80 valence electrons. The van der Waals surface area contributed by atoms with Crippen molar-refractivity contribution in [3.8, 4) is 0 Å². The standard InChI is InChI=1S/C8H10ClF2NO2/c9-4-6(13)5-2-1-3-12(5)8(14)7(10)11/h5,7H,1-4H2. The molecule has 1 unspecified atom stereocenters. The topological polar surface area (TPSA) is 37.4 Å². The van der Waals surface area contributed by atoms with Crippen molar-refractivity contribution >= 4 is 23.3 Å². The molecule has 0 aromatic carbocycles. The lowest BCUT2D eigenvalue weighted by atomic mass is 10.1. The van der Waals surface area contributed by atoms with E-state index in [1.54, 1.807) is 0 Å². The molecule has 1 saturated heterocycles. The van der Waals surface area contributed by atoms with Crippen LogP contribution in [0.15, 0.2) is 0 Å². The largest absolute Gasteiger partial charge is 0.328 e. The van der Waals surface area contributed by atoms with Gasteiger partial charge in [-0.2, -0.15) is 8.78 Å². The van der Waals surface area contributed by atoms with E-state index >= 15 is 0 Å². The number of rotatable bonds is 3. The van der Waals surface area contributed by atoms with Crippen LogP contribution in [-0.4, -0.2) is 41.5 Å². The van der Waals surface area contributed by atoms with Crippen LogP contribution in [0, 0.1) is 0 Å². The zero-order chi connectivity index (χ0) is 10.7. The molecule has 1 atom stereocenters. The normalized spacial score (nSPS) is 21.7. The highest BCUT2D eigenvalue weighted by molar-refractivity contribution is 6.28. The molecule has 0 spiro atoms. The van der Waals surface area contributed by atoms with Crippen LogP contribution in [0.2, 0.25) is 0 Å². The van der Waals surface area contributed by atoms with Crippen LogP contribution < -0.4 is 0 Å². The number of alkyl halides is 3. The Balaban J connectivity index is 2.68. The highest BCUT2D eigenvalue weighted by Crippen LogP contribution is 2.20. The highest BCUT2D eigenvalue weighted by atomic mass is 35.5. The number of likely N-dealkylation sites (tertiary alicyclic amines) is 1. The smallest absolute Gasteiger partial charge is 0.315 e. The van der Waals surface area contributed by atoms with Gasteiger partial charge >= 0.3 is 6.43 Å². The number of carbonyl (C=O) groups excluding carboxylic acids is 2. The van der Waals surface area contributed by atoms with Crippen LogP contribution in [0.3, 0.4) is 0 Å². The van der Waals surface area contributed by atoms with E-state index in [1.807, 2.05) is 0 Å². The minimum Gasteiger partial charge on any atom is -0.328 e. The lowest BCUT2D eigenvalue weighted by Crippen LogP contribution is -2.43. The van der Waals surface area contributed by atoms with Gasteiger partial charge in [-0.25, -0.2) is 0 Å². The quantitative estimate of drug-likeness (QED) is 0.674. The molecule has 1 rings (SSSR count). The predicted molar refractivity (Wildman–Crippen MR) is 46.5 cm³/mol. The number of Topliss-reactive ketones (excluding diaryl/α,β-unsaturated/α-hetero) is 1. The molecule has 0 aromatic heterocycles. The molecule has 14 heavy (non-hydrogen) atoms. The first-order chi connectivity index (χ1) is 6.57. The Morgan fingerprint density at radius 2 is 2.14 bits per heavy atom. The molecule has 0 aliphatic carbocycles. The van der Waals surface area contributed by atoms with Gasteiger partial charge in [0, 0.05) is 6.54 Å². The van der Waals surface area contributed by atoms with Crippen molar-refractivity contribution in [1.29, 1.82) is 0 Å². The monoisotopic (exact) mass is 225 g/mol. The van der Waals surface area contributed by atoms with E-state index < -0.39 is 18.4 Å². The second-order valence-corrected chi connectivity index (χ2v) is 3.36. The molecule has 0 saturated carbocycles. The first-order valence-corrected chi connectivity index (χ1v) is 4.78. The minimum atomic E-state index is -3.04. The first-order valence-electron chi connectivity index (χ1n) is 4.25. The number of nitrogens with zero attached hydrogens (tertiary/aromatic N) is 1. The zero-order valence-corrected chi connectivity index (χ0v) is 8.14. The maximum absolute atomic E-state index is 12.1. The van der Waals surface area contributed by atoms with Gasteiger partial charge in [-0.3, -0.25) is 9.59 Å². The molecule has 1 fully saturated rings. The molecule has 1 aliphatic rings. The van der Waals surface area contributed by atoms with Gasteiger partial charge in [-0.15, -0.1) is 11.6 Å². The molecule has 6 heteroatoms. The molecule has 0 aromatic rings. The Kier molecular flexibility index (Phi) is 3.80. The molecule has 0 N–H and O–H groups in total. The second kappa shape index (κ2) is 4.68. The molecular weight excluding hydrogens is 216 g/mol. The van der Waals surface area contributed by atoms with E-state index in [0.29, 0.717) is 12.8 Å². The summed E-state index contributed by atoms with van der Waals surface area (Å²) in [7, 11) is 0. The molecule has 0 radical (unpaired) electrons. The van der Waals surface area contributed by atoms with Crippen molar-refractivity contribution in [1.82, 2.24) is 4.90 Å². The summed E-state index contributed by atoms with van der Waals surface area (Å²) in [5, 5.41) is 0. The van der Waals surface area contributed by atoms with Crippen LogP contribution >= 0.6 is 11.6 Å². The fourth-order valence-corrected chi connectivity index (χ4v) is 1.76. The van der Waals surface area contributed by atoms with Crippen molar-refractivity contribution < 1.29 is 18.4 Å². The van der Waals surface area contributed by atoms with Gasteiger partial charge in [-0.05, 0) is 12.8 Å². The summed E-state index contributed by atoms with van der Waals surface area (Å²) in [5.74, 6) is -1.87. The Morgan fingerprint density at radius 3 is 2.64 bits per heavy atom. The lowest BCUT2D eigenvalue weighted by Gasteiger charge is -2.22. The van der Waals surface area contributed by atoms with Crippen molar-refractivity contribution in [3.63, 3.8) is 0 Å². The van der Waals surface area contributed by atoms with Gasteiger partial charge in [0.25, 0.3) is 5.91 Å². The summed E-state index contributed by atoms with van der Waals surface area (Å²) in [5.41, 5.74) is 0. The van der Waals surface area contributed by atoms with Crippen molar-refractivity contribution in [3.05, 3.63) is 0 Å². The van der Waals surface area contributed by atoms with Gasteiger partial charge in [-0.1, -0.05) is 0 Å². The van der Waals surface area contributed by atoms with Crippen molar-refractivity contribution in [2.45, 2.75) is 25.3 Å². The maximum Gasteiger partial charge on any atom is 0.315 e. The third kappa shape index (κ3) is 2.20. The molecule has 3 nitrogen and oxygen atoms in total. The summed E-state index contributed by atoms with van der Waals surface area (Å²) in [6, 6.07) is -0.742. The third-order valence-electron chi connectivity index (χ3n) is 2.23. The third-order valence-corrected chi connectivity index (χ3v) is 2.49. The summed E-state index contributed by atoms with van der Waals surface area (Å²) >= 11 is 5.31. The van der Waals surface area contributed by atoms with Gasteiger partial charge in [0.1, 0.15) is 0 Å². The number of amides is 1. The molecule has 1 amide bonds. The number of halogens is 3. The van der Waals surface area contributed by atoms with Gasteiger partial charge < -0.3 is 4.90 Å². The van der Waals surface area contributed by atoms with Gasteiger partial charge in [0.15, 0.2) is 5.78 Å². The Bertz CT molecular complexity index is 247. The Labute approximate surface area is 85.0 Å². The highest BCUT2D eigenvalue weighted by Gasteiger charge is 2.36. The number of hydrogen-bond acceptors (Lipinski definition) is 2. The summed E-state index contributed by atoms with van der Waals surface area (Å²) in [6.07, 6.45) is -2.03. The van der Waals surface area contributed by atoms with Gasteiger partial charge in [0.2, 0.25) is 0 Å². The fourth-order valence-electron chi connectivity index (χ4n) is 1.58. The predicted octanol–water partition coefficient (Wildman–Crippen LogP) is 1.05. The summed E-state index contributed by atoms with van der Waals surface area (Å²) in [6.45, 7) is 0.219. The van der Waals surface area contributed by atoms with Crippen LogP contribution in [0.25, 0.3) is 0 Å². The van der Waals surface area contributed by atoms with E-state index in [2.05, 4.69) is 0 Å². The van der Waals surface area contributed by atoms with Crippen molar-refractivity contribution in [2.24, 2.45) is 0 Å². The summed E-state index contributed by atoms with van der Waals surface area (Å²) in [4.78, 5) is 23.1. The average Bonchev–Trinajstić information content (AvgIpc) is 2.63. The summed E-state index contributed by atoms with van der Waals surface area (Å²) < 4.78 is 24.2. The lowest BCUT2D eigenvalue weighted by molar-refractivity contribution is -0.146. The minimum absolute atomic E-state index is 0.219. The Hall–Kier alpha value is -0.710. The van der Waals surface area contributed by atoms with E-state index in [4.69, 9.17) is 11.6 Å². The SMILES string of the molecule is O=C(CCl)C1CCCN1C(=O)C(F)F. The second-order valence-electron chi connectivity index (χ2n) is 3.09. The van der Waals surface area contributed by atoms with E-state index in [9.17, 15) is 18.4 Å². The van der Waals surface area contributed by atoms with Crippen LogP contribution in [-0.2, 0) is 9.59 Å².